The summed E-state index contributed by atoms with van der Waals surface area (Å²) in [6.07, 6.45) is 5.45. The van der Waals surface area contributed by atoms with Crippen molar-refractivity contribution in [3.8, 4) is 0 Å². The molecule has 23 heavy (non-hydrogen) atoms. The van der Waals surface area contributed by atoms with E-state index < -0.39 is 0 Å². The van der Waals surface area contributed by atoms with Gasteiger partial charge in [-0.25, -0.2) is 0 Å². The van der Waals surface area contributed by atoms with Gasteiger partial charge < -0.3 is 10.2 Å². The smallest absolute Gasteiger partial charge is 0.221 e. The first-order valence-corrected chi connectivity index (χ1v) is 9.11. The van der Waals surface area contributed by atoms with Gasteiger partial charge in [0.05, 0.1) is 0 Å². The Kier molecular flexibility index (Phi) is 5.79. The molecule has 2 fully saturated rings. The van der Waals surface area contributed by atoms with E-state index in [9.17, 15) is 4.79 Å². The van der Waals surface area contributed by atoms with Gasteiger partial charge in [-0.15, -0.1) is 0 Å². The molecule has 1 aromatic rings. The van der Waals surface area contributed by atoms with E-state index in [1.165, 1.54) is 18.5 Å². The van der Waals surface area contributed by atoms with Gasteiger partial charge >= 0.3 is 0 Å². The minimum absolute atomic E-state index is 0.217. The molecule has 126 valence electrons. The van der Waals surface area contributed by atoms with Crippen molar-refractivity contribution in [2.24, 2.45) is 0 Å². The Morgan fingerprint density at radius 3 is 2.61 bits per heavy atom. The van der Waals surface area contributed by atoms with Crippen LogP contribution < -0.4 is 10.2 Å². The molecule has 0 bridgehead atoms. The largest absolute Gasteiger partial charge is 0.369 e. The average Bonchev–Trinajstić information content (AvgIpc) is 3.06. The van der Waals surface area contributed by atoms with Crippen LogP contribution in [0.1, 0.15) is 32.1 Å². The number of carbonyl (C=O) groups is 1. The topological polar surface area (TPSA) is 35.6 Å². The average molecular weight is 336 g/mol. The van der Waals surface area contributed by atoms with Crippen LogP contribution in [0.5, 0.6) is 0 Å². The van der Waals surface area contributed by atoms with E-state index in [0.717, 1.165) is 50.6 Å². The zero-order valence-corrected chi connectivity index (χ0v) is 14.4. The van der Waals surface area contributed by atoms with Crippen LogP contribution in [0.4, 0.5) is 5.69 Å². The molecule has 0 atom stereocenters. The Hall–Kier alpha value is -1.26. The van der Waals surface area contributed by atoms with Crippen molar-refractivity contribution in [1.29, 1.82) is 0 Å². The number of carbonyl (C=O) groups excluding carboxylic acids is 1. The van der Waals surface area contributed by atoms with E-state index in [2.05, 4.69) is 21.2 Å². The van der Waals surface area contributed by atoms with Crippen molar-refractivity contribution >= 4 is 23.2 Å². The molecule has 5 heteroatoms. The molecule has 1 amide bonds. The van der Waals surface area contributed by atoms with Crippen molar-refractivity contribution in [3.63, 3.8) is 0 Å². The molecule has 1 aliphatic carbocycles. The summed E-state index contributed by atoms with van der Waals surface area (Å²) in [4.78, 5) is 16.7. The Morgan fingerprint density at radius 2 is 1.91 bits per heavy atom. The highest BCUT2D eigenvalue weighted by Crippen LogP contribution is 2.21. The number of piperazine rings is 1. The van der Waals surface area contributed by atoms with Crippen molar-refractivity contribution < 1.29 is 4.79 Å². The second-order valence-corrected chi connectivity index (χ2v) is 7.04. The van der Waals surface area contributed by atoms with E-state index >= 15 is 0 Å². The quantitative estimate of drug-likeness (QED) is 0.898. The maximum atomic E-state index is 12.0. The summed E-state index contributed by atoms with van der Waals surface area (Å²) in [6, 6.07) is 8.46. The number of benzene rings is 1. The van der Waals surface area contributed by atoms with Crippen molar-refractivity contribution in [2.45, 2.75) is 38.1 Å². The molecule has 3 rings (SSSR count). The molecule has 1 heterocycles. The third-order valence-electron chi connectivity index (χ3n) is 4.92. The van der Waals surface area contributed by atoms with E-state index in [4.69, 9.17) is 11.6 Å². The van der Waals surface area contributed by atoms with Crippen molar-refractivity contribution in [1.82, 2.24) is 10.2 Å². The van der Waals surface area contributed by atoms with E-state index in [0.29, 0.717) is 12.5 Å². The zero-order chi connectivity index (χ0) is 16.1. The lowest BCUT2D eigenvalue weighted by atomic mass is 10.2. The molecule has 1 N–H and O–H groups in total. The van der Waals surface area contributed by atoms with Crippen LogP contribution in [0.3, 0.4) is 0 Å². The molecule has 1 saturated carbocycles. The fraction of sp³-hybridized carbons (Fsp3) is 0.611. The van der Waals surface area contributed by atoms with Gasteiger partial charge in [0.15, 0.2) is 0 Å². The lowest BCUT2D eigenvalue weighted by Gasteiger charge is -2.36. The molecule has 2 aliphatic rings. The minimum Gasteiger partial charge on any atom is -0.369 e. The summed E-state index contributed by atoms with van der Waals surface area (Å²) in [5, 5.41) is 3.95. The highest BCUT2D eigenvalue weighted by atomic mass is 35.5. The number of rotatable bonds is 5. The number of hydrogen-bond donors (Lipinski definition) is 1. The normalized spacial score (nSPS) is 20.0. The van der Waals surface area contributed by atoms with Gasteiger partial charge in [-0.1, -0.05) is 30.5 Å². The maximum Gasteiger partial charge on any atom is 0.221 e. The molecular formula is C18H26ClN3O. The Labute approximate surface area is 143 Å². The predicted octanol–water partition coefficient (Wildman–Crippen LogP) is 2.91. The van der Waals surface area contributed by atoms with Crippen LogP contribution in [-0.2, 0) is 4.79 Å². The summed E-state index contributed by atoms with van der Waals surface area (Å²) in [7, 11) is 0. The van der Waals surface area contributed by atoms with Crippen LogP contribution in [-0.4, -0.2) is 49.6 Å². The molecule has 1 aromatic carbocycles. The zero-order valence-electron chi connectivity index (χ0n) is 13.6. The van der Waals surface area contributed by atoms with Crippen LogP contribution in [0, 0.1) is 0 Å². The maximum absolute atomic E-state index is 12.0. The molecule has 0 unspecified atom stereocenters. The summed E-state index contributed by atoms with van der Waals surface area (Å²) in [5.74, 6) is 0.217. The SMILES string of the molecule is O=C(CCN1CCN(c2cccc(Cl)c2)CC1)NC1CCCC1. The first-order chi connectivity index (χ1) is 11.2. The molecule has 0 aromatic heterocycles. The third kappa shape index (κ3) is 4.85. The second kappa shape index (κ2) is 8.02. The Bertz CT molecular complexity index is 523. The lowest BCUT2D eigenvalue weighted by Crippen LogP contribution is -2.47. The summed E-state index contributed by atoms with van der Waals surface area (Å²) >= 11 is 6.07. The van der Waals surface area contributed by atoms with E-state index in [-0.39, 0.29) is 5.91 Å². The predicted molar refractivity (Wildman–Crippen MR) is 95.1 cm³/mol. The van der Waals surface area contributed by atoms with Gasteiger partial charge in [0, 0.05) is 55.9 Å². The summed E-state index contributed by atoms with van der Waals surface area (Å²) in [5.41, 5.74) is 1.19. The van der Waals surface area contributed by atoms with Crippen LogP contribution in [0.2, 0.25) is 5.02 Å². The van der Waals surface area contributed by atoms with Gasteiger partial charge in [-0.2, -0.15) is 0 Å². The van der Waals surface area contributed by atoms with E-state index in [1.54, 1.807) is 0 Å². The second-order valence-electron chi connectivity index (χ2n) is 6.61. The third-order valence-corrected chi connectivity index (χ3v) is 5.16. The number of amides is 1. The highest BCUT2D eigenvalue weighted by molar-refractivity contribution is 6.30. The standard InChI is InChI=1S/C18H26ClN3O/c19-15-4-3-7-17(14-15)22-12-10-21(11-13-22)9-8-18(23)20-16-5-1-2-6-16/h3-4,7,14,16H,1-2,5-6,8-13H2,(H,20,23). The first-order valence-electron chi connectivity index (χ1n) is 8.73. The molecule has 0 radical (unpaired) electrons. The summed E-state index contributed by atoms with van der Waals surface area (Å²) < 4.78 is 0. The Balaban J connectivity index is 1.38. The molecule has 0 spiro atoms. The molecular weight excluding hydrogens is 310 g/mol. The number of nitrogens with one attached hydrogen (secondary N) is 1. The number of nitrogens with zero attached hydrogens (tertiary/aromatic N) is 2. The highest BCUT2D eigenvalue weighted by Gasteiger charge is 2.20. The fourth-order valence-corrected chi connectivity index (χ4v) is 3.72. The van der Waals surface area contributed by atoms with Crippen LogP contribution in [0.25, 0.3) is 0 Å². The molecule has 4 nitrogen and oxygen atoms in total. The molecule has 1 saturated heterocycles. The fourth-order valence-electron chi connectivity index (χ4n) is 3.53. The molecule has 1 aliphatic heterocycles. The van der Waals surface area contributed by atoms with Crippen LogP contribution in [0.15, 0.2) is 24.3 Å². The van der Waals surface area contributed by atoms with Crippen molar-refractivity contribution in [2.75, 3.05) is 37.6 Å². The number of anilines is 1. The monoisotopic (exact) mass is 335 g/mol. The first kappa shape index (κ1) is 16.6. The minimum atomic E-state index is 0.217. The van der Waals surface area contributed by atoms with Gasteiger partial charge in [0.2, 0.25) is 5.91 Å². The van der Waals surface area contributed by atoms with Gasteiger partial charge in [-0.05, 0) is 31.0 Å². The van der Waals surface area contributed by atoms with E-state index in [1.807, 2.05) is 18.2 Å². The van der Waals surface area contributed by atoms with Crippen molar-refractivity contribution in [3.05, 3.63) is 29.3 Å². The Morgan fingerprint density at radius 1 is 1.17 bits per heavy atom. The lowest BCUT2D eigenvalue weighted by molar-refractivity contribution is -0.122. The number of hydrogen-bond acceptors (Lipinski definition) is 3. The van der Waals surface area contributed by atoms with Gasteiger partial charge in [0.1, 0.15) is 0 Å². The van der Waals surface area contributed by atoms with Crippen LogP contribution >= 0.6 is 11.6 Å². The van der Waals surface area contributed by atoms with Gasteiger partial charge in [0.25, 0.3) is 0 Å². The number of halogens is 1. The van der Waals surface area contributed by atoms with Gasteiger partial charge in [-0.3, -0.25) is 9.69 Å². The summed E-state index contributed by atoms with van der Waals surface area (Å²) in [6.45, 7) is 4.85.